The third-order valence-electron chi connectivity index (χ3n) is 4.53. The van der Waals surface area contributed by atoms with E-state index in [1.165, 1.54) is 25.3 Å². The fourth-order valence-corrected chi connectivity index (χ4v) is 3.06. The molecule has 28 heavy (non-hydrogen) atoms. The number of amides is 1. The van der Waals surface area contributed by atoms with E-state index in [0.717, 1.165) is 25.7 Å². The number of esters is 1. The highest BCUT2D eigenvalue weighted by Gasteiger charge is 2.29. The number of nitrogens with one attached hydrogen (secondary N) is 1. The molecule has 1 amide bonds. The molecule has 1 aliphatic carbocycles. The summed E-state index contributed by atoms with van der Waals surface area (Å²) in [5.74, 6) is -0.947. The standard InChI is InChI=1S/C19H26N2O7/c1-12(2)18(19(23)20-13-6-4-5-7-13)28-17(22)11-27-14-8-9-15(21(24)25)16(10-14)26-3/h8-10,12-13,18H,4-7,11H2,1-3H3,(H,20,23). The van der Waals surface area contributed by atoms with E-state index in [1.54, 1.807) is 13.8 Å². The van der Waals surface area contributed by atoms with E-state index in [2.05, 4.69) is 5.32 Å². The molecule has 0 spiro atoms. The van der Waals surface area contributed by atoms with Gasteiger partial charge in [0.05, 0.1) is 12.0 Å². The van der Waals surface area contributed by atoms with Crippen molar-refractivity contribution in [3.63, 3.8) is 0 Å². The van der Waals surface area contributed by atoms with Crippen molar-refractivity contribution >= 4 is 17.6 Å². The van der Waals surface area contributed by atoms with Crippen LogP contribution in [0.2, 0.25) is 0 Å². The lowest BCUT2D eigenvalue weighted by Crippen LogP contribution is -2.45. The molecule has 9 heteroatoms. The highest BCUT2D eigenvalue weighted by atomic mass is 16.6. The summed E-state index contributed by atoms with van der Waals surface area (Å²) in [5, 5.41) is 13.8. The average molecular weight is 394 g/mol. The molecule has 0 radical (unpaired) electrons. The number of nitro benzene ring substituents is 1. The van der Waals surface area contributed by atoms with E-state index in [4.69, 9.17) is 14.2 Å². The lowest BCUT2D eigenvalue weighted by Gasteiger charge is -2.23. The number of carbonyl (C=O) groups excluding carboxylic acids is 2. The molecule has 1 saturated carbocycles. The van der Waals surface area contributed by atoms with Crippen LogP contribution in [-0.4, -0.2) is 42.7 Å². The van der Waals surface area contributed by atoms with Crippen LogP contribution in [0.3, 0.4) is 0 Å². The number of hydrogen-bond donors (Lipinski definition) is 1. The molecule has 2 rings (SSSR count). The predicted octanol–water partition coefficient (Wildman–Crippen LogP) is 2.61. The Morgan fingerprint density at radius 1 is 1.29 bits per heavy atom. The second-order valence-corrected chi connectivity index (χ2v) is 7.02. The van der Waals surface area contributed by atoms with Crippen LogP contribution in [0, 0.1) is 16.0 Å². The van der Waals surface area contributed by atoms with Gasteiger partial charge in [0.2, 0.25) is 5.75 Å². The Morgan fingerprint density at radius 2 is 1.96 bits per heavy atom. The number of hydrogen-bond acceptors (Lipinski definition) is 7. The molecule has 0 aromatic heterocycles. The molecule has 0 heterocycles. The van der Waals surface area contributed by atoms with Crippen LogP contribution in [0.15, 0.2) is 18.2 Å². The molecular formula is C19H26N2O7. The molecule has 1 aromatic rings. The van der Waals surface area contributed by atoms with Gasteiger partial charge < -0.3 is 19.5 Å². The third kappa shape index (κ3) is 5.83. The van der Waals surface area contributed by atoms with Crippen molar-refractivity contribution in [2.75, 3.05) is 13.7 Å². The SMILES string of the molecule is COc1cc(OCC(=O)OC(C(=O)NC2CCCC2)C(C)C)ccc1[N+](=O)[O-]. The lowest BCUT2D eigenvalue weighted by molar-refractivity contribution is -0.385. The number of ether oxygens (including phenoxy) is 3. The maximum Gasteiger partial charge on any atom is 0.344 e. The number of carbonyl (C=O) groups is 2. The minimum absolute atomic E-state index is 0.0202. The van der Waals surface area contributed by atoms with Gasteiger partial charge in [0.15, 0.2) is 12.7 Å². The van der Waals surface area contributed by atoms with Crippen molar-refractivity contribution < 1.29 is 28.7 Å². The molecule has 154 valence electrons. The zero-order valence-electron chi connectivity index (χ0n) is 16.3. The highest BCUT2D eigenvalue weighted by Crippen LogP contribution is 2.30. The van der Waals surface area contributed by atoms with E-state index in [9.17, 15) is 19.7 Å². The number of nitrogens with zero attached hydrogens (tertiary/aromatic N) is 1. The number of rotatable bonds is 9. The molecule has 1 unspecified atom stereocenters. The second kappa shape index (κ2) is 9.91. The molecular weight excluding hydrogens is 368 g/mol. The molecule has 1 aliphatic rings. The van der Waals surface area contributed by atoms with Crippen LogP contribution in [0.4, 0.5) is 5.69 Å². The number of nitro groups is 1. The smallest absolute Gasteiger partial charge is 0.344 e. The fourth-order valence-electron chi connectivity index (χ4n) is 3.06. The molecule has 0 aliphatic heterocycles. The van der Waals surface area contributed by atoms with Gasteiger partial charge in [-0.25, -0.2) is 4.79 Å². The summed E-state index contributed by atoms with van der Waals surface area (Å²) >= 11 is 0. The van der Waals surface area contributed by atoms with Crippen LogP contribution in [-0.2, 0) is 14.3 Å². The van der Waals surface area contributed by atoms with E-state index >= 15 is 0 Å². The van der Waals surface area contributed by atoms with Crippen LogP contribution in [0.25, 0.3) is 0 Å². The summed E-state index contributed by atoms with van der Waals surface area (Å²) < 4.78 is 15.6. The van der Waals surface area contributed by atoms with Gasteiger partial charge in [-0.1, -0.05) is 26.7 Å². The molecule has 0 bridgehead atoms. The molecule has 1 N–H and O–H groups in total. The van der Waals surface area contributed by atoms with Gasteiger partial charge in [-0.3, -0.25) is 14.9 Å². The predicted molar refractivity (Wildman–Crippen MR) is 100 cm³/mol. The molecule has 9 nitrogen and oxygen atoms in total. The zero-order chi connectivity index (χ0) is 20.7. The van der Waals surface area contributed by atoms with Crippen molar-refractivity contribution in [1.82, 2.24) is 5.32 Å². The van der Waals surface area contributed by atoms with Crippen molar-refractivity contribution in [3.05, 3.63) is 28.3 Å². The Bertz CT molecular complexity index is 714. The first-order chi connectivity index (χ1) is 13.3. The van der Waals surface area contributed by atoms with Crippen molar-refractivity contribution in [3.8, 4) is 11.5 Å². The van der Waals surface area contributed by atoms with Gasteiger partial charge in [-0.2, -0.15) is 0 Å². The van der Waals surface area contributed by atoms with E-state index in [1.807, 2.05) is 0 Å². The summed E-state index contributed by atoms with van der Waals surface area (Å²) in [6.45, 7) is 3.17. The van der Waals surface area contributed by atoms with Crippen molar-refractivity contribution in [2.45, 2.75) is 51.7 Å². The van der Waals surface area contributed by atoms with Gasteiger partial charge in [0.1, 0.15) is 5.75 Å². The fraction of sp³-hybridized carbons (Fsp3) is 0.579. The topological polar surface area (TPSA) is 117 Å². The molecule has 1 fully saturated rings. The van der Waals surface area contributed by atoms with Gasteiger partial charge >= 0.3 is 11.7 Å². The van der Waals surface area contributed by atoms with Crippen LogP contribution in [0.5, 0.6) is 11.5 Å². The van der Waals surface area contributed by atoms with Gasteiger partial charge in [-0.05, 0) is 24.8 Å². The Balaban J connectivity index is 1.92. The first kappa shape index (κ1) is 21.5. The minimum Gasteiger partial charge on any atom is -0.490 e. The maximum absolute atomic E-state index is 12.4. The van der Waals surface area contributed by atoms with Crippen LogP contribution >= 0.6 is 0 Å². The van der Waals surface area contributed by atoms with Gasteiger partial charge in [-0.15, -0.1) is 0 Å². The monoisotopic (exact) mass is 394 g/mol. The van der Waals surface area contributed by atoms with Crippen molar-refractivity contribution in [1.29, 1.82) is 0 Å². The largest absolute Gasteiger partial charge is 0.490 e. The maximum atomic E-state index is 12.4. The Labute approximate surface area is 163 Å². The Kier molecular flexibility index (Phi) is 7.60. The van der Waals surface area contributed by atoms with Crippen LogP contribution < -0.4 is 14.8 Å². The summed E-state index contributed by atoms with van der Waals surface area (Å²) in [6.07, 6.45) is 3.15. The molecule has 1 aromatic carbocycles. The first-order valence-electron chi connectivity index (χ1n) is 9.27. The minimum atomic E-state index is -0.900. The Hall–Kier alpha value is -2.84. The quantitative estimate of drug-likeness (QED) is 0.389. The van der Waals surface area contributed by atoms with Crippen molar-refractivity contribution in [2.24, 2.45) is 5.92 Å². The average Bonchev–Trinajstić information content (AvgIpc) is 3.16. The lowest BCUT2D eigenvalue weighted by atomic mass is 10.1. The highest BCUT2D eigenvalue weighted by molar-refractivity contribution is 5.84. The summed E-state index contributed by atoms with van der Waals surface area (Å²) in [4.78, 5) is 34.9. The van der Waals surface area contributed by atoms with E-state index in [0.29, 0.717) is 0 Å². The Morgan fingerprint density at radius 3 is 2.54 bits per heavy atom. The zero-order valence-corrected chi connectivity index (χ0v) is 16.3. The normalized spacial score (nSPS) is 15.1. The number of benzene rings is 1. The van der Waals surface area contributed by atoms with Gasteiger partial charge in [0.25, 0.3) is 5.91 Å². The summed E-state index contributed by atoms with van der Waals surface area (Å²) in [5.41, 5.74) is -0.208. The summed E-state index contributed by atoms with van der Waals surface area (Å²) in [6, 6.07) is 4.04. The number of methoxy groups -OCH3 is 1. The van der Waals surface area contributed by atoms with E-state index < -0.39 is 23.6 Å². The molecule has 1 atom stereocenters. The second-order valence-electron chi connectivity index (χ2n) is 7.02. The van der Waals surface area contributed by atoms with Gasteiger partial charge in [0, 0.05) is 18.2 Å². The first-order valence-corrected chi connectivity index (χ1v) is 9.27. The third-order valence-corrected chi connectivity index (χ3v) is 4.53. The molecule has 0 saturated heterocycles. The van der Waals surface area contributed by atoms with Crippen LogP contribution in [0.1, 0.15) is 39.5 Å². The van der Waals surface area contributed by atoms with E-state index in [-0.39, 0.29) is 35.1 Å². The summed E-state index contributed by atoms with van der Waals surface area (Å²) in [7, 11) is 1.30.